The fourth-order valence-electron chi connectivity index (χ4n) is 2.68. The molecule has 2 aromatic rings. The second-order valence-corrected chi connectivity index (χ2v) is 5.19. The van der Waals surface area contributed by atoms with Crippen molar-refractivity contribution >= 4 is 11.0 Å². The molecule has 0 saturated carbocycles. The smallest absolute Gasteiger partial charge is 0.110 e. The van der Waals surface area contributed by atoms with Gasteiger partial charge in [0.15, 0.2) is 0 Å². The molecule has 0 spiro atoms. The van der Waals surface area contributed by atoms with Crippen molar-refractivity contribution in [3.05, 3.63) is 29.6 Å². The SMILES string of the molecule is OCCCc1ccc2nc(C3CCOCC3)[nH]c2c1. The molecule has 0 bridgehead atoms. The van der Waals surface area contributed by atoms with Gasteiger partial charge in [-0.15, -0.1) is 0 Å². The highest BCUT2D eigenvalue weighted by atomic mass is 16.5. The van der Waals surface area contributed by atoms with Crippen LogP contribution in [0.2, 0.25) is 0 Å². The fourth-order valence-corrected chi connectivity index (χ4v) is 2.68. The van der Waals surface area contributed by atoms with Gasteiger partial charge < -0.3 is 14.8 Å². The highest BCUT2D eigenvalue weighted by molar-refractivity contribution is 5.76. The van der Waals surface area contributed by atoms with E-state index in [1.807, 2.05) is 0 Å². The average Bonchev–Trinajstić information content (AvgIpc) is 2.89. The second kappa shape index (κ2) is 5.72. The minimum absolute atomic E-state index is 0.244. The van der Waals surface area contributed by atoms with E-state index in [9.17, 15) is 0 Å². The number of benzene rings is 1. The number of hydrogen-bond donors (Lipinski definition) is 2. The Hall–Kier alpha value is -1.39. The van der Waals surface area contributed by atoms with Crippen LogP contribution >= 0.6 is 0 Å². The monoisotopic (exact) mass is 260 g/mol. The Labute approximate surface area is 112 Å². The van der Waals surface area contributed by atoms with Gasteiger partial charge in [0.2, 0.25) is 0 Å². The summed E-state index contributed by atoms with van der Waals surface area (Å²) < 4.78 is 5.39. The Morgan fingerprint density at radius 2 is 2.16 bits per heavy atom. The lowest BCUT2D eigenvalue weighted by Gasteiger charge is -2.19. The topological polar surface area (TPSA) is 58.1 Å². The van der Waals surface area contributed by atoms with Gasteiger partial charge in [-0.1, -0.05) is 6.07 Å². The van der Waals surface area contributed by atoms with E-state index in [1.165, 1.54) is 5.56 Å². The Bertz CT molecular complexity index is 544. The number of aryl methyl sites for hydroxylation is 1. The van der Waals surface area contributed by atoms with Crippen molar-refractivity contribution in [2.75, 3.05) is 19.8 Å². The van der Waals surface area contributed by atoms with E-state index in [0.29, 0.717) is 5.92 Å². The largest absolute Gasteiger partial charge is 0.396 e. The Balaban J connectivity index is 1.83. The summed E-state index contributed by atoms with van der Waals surface area (Å²) >= 11 is 0. The first-order valence-corrected chi connectivity index (χ1v) is 7.04. The summed E-state index contributed by atoms with van der Waals surface area (Å²) in [5, 5.41) is 8.88. The Morgan fingerprint density at radius 3 is 2.95 bits per heavy atom. The van der Waals surface area contributed by atoms with Crippen LogP contribution in [-0.4, -0.2) is 34.9 Å². The van der Waals surface area contributed by atoms with Crippen LogP contribution in [-0.2, 0) is 11.2 Å². The Kier molecular flexibility index (Phi) is 3.80. The molecule has 2 N–H and O–H groups in total. The maximum atomic E-state index is 8.88. The third-order valence-electron chi connectivity index (χ3n) is 3.80. The van der Waals surface area contributed by atoms with Gasteiger partial charge in [-0.25, -0.2) is 4.98 Å². The molecule has 4 heteroatoms. The van der Waals surface area contributed by atoms with Crippen molar-refractivity contribution in [3.63, 3.8) is 0 Å². The molecule has 0 radical (unpaired) electrons. The first-order chi connectivity index (χ1) is 9.36. The number of nitrogens with zero attached hydrogens (tertiary/aromatic N) is 1. The lowest BCUT2D eigenvalue weighted by Crippen LogP contribution is -2.15. The van der Waals surface area contributed by atoms with E-state index in [2.05, 4.69) is 23.2 Å². The van der Waals surface area contributed by atoms with E-state index in [1.54, 1.807) is 0 Å². The molecule has 0 unspecified atom stereocenters. The lowest BCUT2D eigenvalue weighted by atomic mass is 10.00. The standard InChI is InChI=1S/C15H20N2O2/c18-7-1-2-11-3-4-13-14(10-11)17-15(16-13)12-5-8-19-9-6-12/h3-4,10,12,18H,1-2,5-9H2,(H,16,17). The number of aromatic nitrogens is 2. The zero-order valence-electron chi connectivity index (χ0n) is 11.1. The number of nitrogens with one attached hydrogen (secondary N) is 1. The van der Waals surface area contributed by atoms with E-state index < -0.39 is 0 Å². The van der Waals surface area contributed by atoms with Gasteiger partial charge in [0.1, 0.15) is 5.82 Å². The number of aromatic amines is 1. The van der Waals surface area contributed by atoms with Gasteiger partial charge >= 0.3 is 0 Å². The van der Waals surface area contributed by atoms with Gasteiger partial charge in [0.25, 0.3) is 0 Å². The van der Waals surface area contributed by atoms with E-state index in [0.717, 1.165) is 55.8 Å². The van der Waals surface area contributed by atoms with Crippen LogP contribution in [0.3, 0.4) is 0 Å². The third-order valence-corrected chi connectivity index (χ3v) is 3.80. The first kappa shape index (κ1) is 12.6. The maximum absolute atomic E-state index is 8.88. The zero-order chi connectivity index (χ0) is 13.1. The molecule has 102 valence electrons. The van der Waals surface area contributed by atoms with Gasteiger partial charge in [-0.3, -0.25) is 0 Å². The van der Waals surface area contributed by atoms with Gasteiger partial charge in [0, 0.05) is 25.7 Å². The molecular formula is C15H20N2O2. The molecule has 1 fully saturated rings. The number of hydrogen-bond acceptors (Lipinski definition) is 3. The molecule has 1 aromatic heterocycles. The Morgan fingerprint density at radius 1 is 1.32 bits per heavy atom. The van der Waals surface area contributed by atoms with Crippen LogP contribution in [0.1, 0.15) is 36.6 Å². The summed E-state index contributed by atoms with van der Waals surface area (Å²) in [5.41, 5.74) is 3.40. The molecular weight excluding hydrogens is 240 g/mol. The van der Waals surface area contributed by atoms with Crippen molar-refractivity contribution in [2.24, 2.45) is 0 Å². The molecule has 0 aliphatic carbocycles. The van der Waals surface area contributed by atoms with E-state index in [-0.39, 0.29) is 6.61 Å². The minimum atomic E-state index is 0.244. The number of H-pyrrole nitrogens is 1. The van der Waals surface area contributed by atoms with Crippen LogP contribution in [0.15, 0.2) is 18.2 Å². The zero-order valence-corrected chi connectivity index (χ0v) is 11.1. The highest BCUT2D eigenvalue weighted by Gasteiger charge is 2.19. The van der Waals surface area contributed by atoms with Crippen molar-refractivity contribution in [1.29, 1.82) is 0 Å². The molecule has 4 nitrogen and oxygen atoms in total. The number of ether oxygens (including phenoxy) is 1. The summed E-state index contributed by atoms with van der Waals surface area (Å²) in [4.78, 5) is 8.15. The molecule has 1 aromatic carbocycles. The van der Waals surface area contributed by atoms with Gasteiger partial charge in [-0.2, -0.15) is 0 Å². The van der Waals surface area contributed by atoms with Crippen LogP contribution in [0, 0.1) is 0 Å². The summed E-state index contributed by atoms with van der Waals surface area (Å²) in [7, 11) is 0. The van der Waals surface area contributed by atoms with Crippen molar-refractivity contribution in [3.8, 4) is 0 Å². The van der Waals surface area contributed by atoms with Crippen LogP contribution in [0.4, 0.5) is 0 Å². The molecule has 1 aliphatic rings. The van der Waals surface area contributed by atoms with Crippen molar-refractivity contribution in [1.82, 2.24) is 9.97 Å². The normalized spacial score (nSPS) is 17.1. The lowest BCUT2D eigenvalue weighted by molar-refractivity contribution is 0.0838. The number of fused-ring (bicyclic) bond motifs is 1. The van der Waals surface area contributed by atoms with Crippen LogP contribution < -0.4 is 0 Å². The van der Waals surface area contributed by atoms with Crippen LogP contribution in [0.5, 0.6) is 0 Å². The molecule has 3 rings (SSSR count). The number of aliphatic hydroxyl groups excluding tert-OH is 1. The summed E-state index contributed by atoms with van der Waals surface area (Å²) in [5.74, 6) is 1.60. The first-order valence-electron chi connectivity index (χ1n) is 7.04. The summed E-state index contributed by atoms with van der Waals surface area (Å²) in [6.07, 6.45) is 3.83. The highest BCUT2D eigenvalue weighted by Crippen LogP contribution is 2.26. The molecule has 19 heavy (non-hydrogen) atoms. The molecule has 2 heterocycles. The van der Waals surface area contributed by atoms with Gasteiger partial charge in [-0.05, 0) is 43.4 Å². The van der Waals surface area contributed by atoms with E-state index >= 15 is 0 Å². The number of imidazole rings is 1. The fraction of sp³-hybridized carbons (Fsp3) is 0.533. The predicted octanol–water partition coefficient (Wildman–Crippen LogP) is 2.38. The predicted molar refractivity (Wildman–Crippen MR) is 74.3 cm³/mol. The molecule has 1 saturated heterocycles. The maximum Gasteiger partial charge on any atom is 0.110 e. The number of aliphatic hydroxyl groups is 1. The van der Waals surface area contributed by atoms with E-state index in [4.69, 9.17) is 14.8 Å². The van der Waals surface area contributed by atoms with Crippen LogP contribution in [0.25, 0.3) is 11.0 Å². The molecule has 0 amide bonds. The number of rotatable bonds is 4. The van der Waals surface area contributed by atoms with Crippen molar-refractivity contribution < 1.29 is 9.84 Å². The minimum Gasteiger partial charge on any atom is -0.396 e. The summed E-state index contributed by atoms with van der Waals surface area (Å²) in [6.45, 7) is 1.92. The second-order valence-electron chi connectivity index (χ2n) is 5.19. The van der Waals surface area contributed by atoms with Gasteiger partial charge in [0.05, 0.1) is 11.0 Å². The quantitative estimate of drug-likeness (QED) is 0.887. The average molecular weight is 260 g/mol. The van der Waals surface area contributed by atoms with Crippen molar-refractivity contribution in [2.45, 2.75) is 31.6 Å². The third kappa shape index (κ3) is 2.80. The summed E-state index contributed by atoms with van der Waals surface area (Å²) in [6, 6.07) is 6.33. The molecule has 1 aliphatic heterocycles. The molecule has 0 atom stereocenters.